The van der Waals surface area contributed by atoms with Gasteiger partial charge >= 0.3 is 0 Å². The van der Waals surface area contributed by atoms with Crippen LogP contribution >= 0.6 is 11.6 Å². The zero-order valence-corrected chi connectivity index (χ0v) is 11.6. The van der Waals surface area contributed by atoms with Crippen molar-refractivity contribution in [3.63, 3.8) is 0 Å². The highest BCUT2D eigenvalue weighted by Crippen LogP contribution is 2.20. The van der Waals surface area contributed by atoms with Gasteiger partial charge in [-0.25, -0.2) is 9.97 Å². The van der Waals surface area contributed by atoms with Crippen LogP contribution in [0.3, 0.4) is 0 Å². The highest BCUT2D eigenvalue weighted by Gasteiger charge is 2.07. The molecule has 0 aliphatic heterocycles. The van der Waals surface area contributed by atoms with Crippen LogP contribution < -0.4 is 5.56 Å². The van der Waals surface area contributed by atoms with Crippen molar-refractivity contribution >= 4 is 22.5 Å². The van der Waals surface area contributed by atoms with Crippen molar-refractivity contribution < 1.29 is 0 Å². The molecule has 0 radical (unpaired) electrons. The second-order valence-electron chi connectivity index (χ2n) is 4.63. The van der Waals surface area contributed by atoms with Crippen LogP contribution in [-0.4, -0.2) is 14.5 Å². The number of pyridine rings is 1. The number of hydrogen-bond acceptors (Lipinski definition) is 3. The number of rotatable bonds is 2. The number of hydrogen-bond donors (Lipinski definition) is 0. The van der Waals surface area contributed by atoms with Crippen LogP contribution in [0.2, 0.25) is 5.15 Å². The third kappa shape index (κ3) is 2.42. The molecule has 0 aliphatic carbocycles. The quantitative estimate of drug-likeness (QED) is 0.680. The van der Waals surface area contributed by atoms with E-state index in [1.54, 1.807) is 6.92 Å². The smallest absolute Gasteiger partial charge is 0.253 e. The van der Waals surface area contributed by atoms with Gasteiger partial charge in [-0.05, 0) is 19.1 Å². The fourth-order valence-electron chi connectivity index (χ4n) is 2.07. The van der Waals surface area contributed by atoms with Gasteiger partial charge in [-0.2, -0.15) is 0 Å². The molecule has 2 heterocycles. The number of fused-ring (bicyclic) bond motifs is 1. The van der Waals surface area contributed by atoms with Gasteiger partial charge in [0, 0.05) is 22.7 Å². The summed E-state index contributed by atoms with van der Waals surface area (Å²) in [7, 11) is 0. The van der Waals surface area contributed by atoms with Crippen molar-refractivity contribution in [3.05, 3.63) is 69.5 Å². The van der Waals surface area contributed by atoms with E-state index in [1.807, 2.05) is 30.3 Å². The molecule has 0 fully saturated rings. The average Bonchev–Trinajstić information content (AvgIpc) is 2.42. The van der Waals surface area contributed by atoms with Crippen molar-refractivity contribution in [2.75, 3.05) is 0 Å². The van der Waals surface area contributed by atoms with E-state index in [9.17, 15) is 4.79 Å². The van der Waals surface area contributed by atoms with Crippen molar-refractivity contribution in [2.45, 2.75) is 13.5 Å². The van der Waals surface area contributed by atoms with E-state index in [-0.39, 0.29) is 5.56 Å². The fourth-order valence-corrected chi connectivity index (χ4v) is 2.27. The highest BCUT2D eigenvalue weighted by atomic mass is 35.5. The van der Waals surface area contributed by atoms with Crippen LogP contribution in [0.25, 0.3) is 10.9 Å². The van der Waals surface area contributed by atoms with Gasteiger partial charge in [0.1, 0.15) is 5.15 Å². The molecular weight excluding hydrogens is 274 g/mol. The van der Waals surface area contributed by atoms with E-state index in [2.05, 4.69) is 9.97 Å². The predicted molar refractivity (Wildman–Crippen MR) is 79.1 cm³/mol. The molecule has 0 amide bonds. The van der Waals surface area contributed by atoms with Crippen LogP contribution in [0.5, 0.6) is 0 Å². The van der Waals surface area contributed by atoms with E-state index in [4.69, 9.17) is 11.6 Å². The summed E-state index contributed by atoms with van der Waals surface area (Å²) in [6.07, 6.45) is 1.53. The van der Waals surface area contributed by atoms with E-state index >= 15 is 0 Å². The highest BCUT2D eigenvalue weighted by molar-refractivity contribution is 6.30. The Morgan fingerprint density at radius 2 is 2.05 bits per heavy atom. The molecule has 0 bridgehead atoms. The third-order valence-corrected chi connectivity index (χ3v) is 3.43. The standard InChI is InChI=1S/C15H12ClN3O/c1-10-6-14(20)19(9-17-10)8-12-7-11-4-2-3-5-13(11)18-15(12)16/h2-7,9H,8H2,1H3. The van der Waals surface area contributed by atoms with Gasteiger partial charge in [-0.1, -0.05) is 29.8 Å². The molecule has 0 aliphatic rings. The third-order valence-electron chi connectivity index (χ3n) is 3.11. The molecule has 0 N–H and O–H groups in total. The predicted octanol–water partition coefficient (Wildman–Crippen LogP) is 2.80. The first-order valence-electron chi connectivity index (χ1n) is 6.21. The summed E-state index contributed by atoms with van der Waals surface area (Å²) < 4.78 is 1.52. The number of benzene rings is 1. The lowest BCUT2D eigenvalue weighted by molar-refractivity contribution is 0.729. The molecule has 3 rings (SSSR count). The number of para-hydroxylation sites is 1. The summed E-state index contributed by atoms with van der Waals surface area (Å²) in [6.45, 7) is 2.15. The Hall–Kier alpha value is -2.20. The van der Waals surface area contributed by atoms with Gasteiger partial charge in [-0.15, -0.1) is 0 Å². The lowest BCUT2D eigenvalue weighted by Crippen LogP contribution is -2.20. The molecule has 0 saturated carbocycles. The molecule has 0 saturated heterocycles. The Balaban J connectivity index is 2.06. The van der Waals surface area contributed by atoms with Crippen LogP contribution in [0.4, 0.5) is 0 Å². The second kappa shape index (κ2) is 5.06. The monoisotopic (exact) mass is 285 g/mol. The van der Waals surface area contributed by atoms with Gasteiger partial charge in [0.2, 0.25) is 0 Å². The number of aromatic nitrogens is 3. The van der Waals surface area contributed by atoms with Crippen molar-refractivity contribution in [1.82, 2.24) is 14.5 Å². The Morgan fingerprint density at radius 1 is 1.25 bits per heavy atom. The summed E-state index contributed by atoms with van der Waals surface area (Å²) >= 11 is 6.19. The minimum Gasteiger partial charge on any atom is -0.295 e. The van der Waals surface area contributed by atoms with E-state index < -0.39 is 0 Å². The zero-order chi connectivity index (χ0) is 14.1. The van der Waals surface area contributed by atoms with Gasteiger partial charge in [0.15, 0.2) is 0 Å². The van der Waals surface area contributed by atoms with E-state index in [0.29, 0.717) is 17.4 Å². The summed E-state index contributed by atoms with van der Waals surface area (Å²) in [5.41, 5.74) is 2.25. The summed E-state index contributed by atoms with van der Waals surface area (Å²) in [4.78, 5) is 20.4. The first-order valence-corrected chi connectivity index (χ1v) is 6.58. The van der Waals surface area contributed by atoms with Crippen molar-refractivity contribution in [1.29, 1.82) is 0 Å². The first kappa shape index (κ1) is 12.8. The number of nitrogens with zero attached hydrogens (tertiary/aromatic N) is 3. The molecule has 1 aromatic carbocycles. The Morgan fingerprint density at radius 3 is 2.85 bits per heavy atom. The van der Waals surface area contributed by atoms with Crippen molar-refractivity contribution in [3.8, 4) is 0 Å². The minimum absolute atomic E-state index is 0.0956. The van der Waals surface area contributed by atoms with Gasteiger partial charge < -0.3 is 0 Å². The molecule has 0 atom stereocenters. The lowest BCUT2D eigenvalue weighted by Gasteiger charge is -2.08. The maximum atomic E-state index is 11.9. The molecular formula is C15H12ClN3O. The molecule has 2 aromatic heterocycles. The number of aryl methyl sites for hydroxylation is 1. The maximum Gasteiger partial charge on any atom is 0.253 e. The van der Waals surface area contributed by atoms with Gasteiger partial charge in [-0.3, -0.25) is 9.36 Å². The van der Waals surface area contributed by atoms with Crippen molar-refractivity contribution in [2.24, 2.45) is 0 Å². The topological polar surface area (TPSA) is 47.8 Å². The largest absolute Gasteiger partial charge is 0.295 e. The summed E-state index contributed by atoms with van der Waals surface area (Å²) in [5.74, 6) is 0. The first-order chi connectivity index (χ1) is 9.63. The van der Waals surface area contributed by atoms with Crippen LogP contribution in [0, 0.1) is 6.92 Å². The average molecular weight is 286 g/mol. The fraction of sp³-hybridized carbons (Fsp3) is 0.133. The van der Waals surface area contributed by atoms with Crippen LogP contribution in [0.15, 0.2) is 47.5 Å². The number of halogens is 1. The maximum absolute atomic E-state index is 11.9. The van der Waals surface area contributed by atoms with E-state index in [1.165, 1.54) is 17.0 Å². The summed E-state index contributed by atoms with van der Waals surface area (Å²) in [6, 6.07) is 11.2. The summed E-state index contributed by atoms with van der Waals surface area (Å²) in [5, 5.41) is 1.41. The Labute approximate surface area is 120 Å². The second-order valence-corrected chi connectivity index (χ2v) is 4.99. The molecule has 3 aromatic rings. The van der Waals surface area contributed by atoms with E-state index in [0.717, 1.165) is 16.5 Å². The SMILES string of the molecule is Cc1cc(=O)n(Cc2cc3ccccc3nc2Cl)cn1. The van der Waals surface area contributed by atoms with Crippen LogP contribution in [0.1, 0.15) is 11.3 Å². The van der Waals surface area contributed by atoms with Gasteiger partial charge in [0.05, 0.1) is 18.4 Å². The normalized spacial score (nSPS) is 10.9. The minimum atomic E-state index is -0.0956. The Bertz CT molecular complexity index is 842. The zero-order valence-electron chi connectivity index (χ0n) is 10.9. The lowest BCUT2D eigenvalue weighted by atomic mass is 10.1. The molecule has 100 valence electrons. The molecule has 20 heavy (non-hydrogen) atoms. The molecule has 0 spiro atoms. The molecule has 0 unspecified atom stereocenters. The van der Waals surface area contributed by atoms with Crippen LogP contribution in [-0.2, 0) is 6.54 Å². The Kier molecular flexibility index (Phi) is 3.24. The molecule has 5 heteroatoms. The van der Waals surface area contributed by atoms with Gasteiger partial charge in [0.25, 0.3) is 5.56 Å². The molecule has 4 nitrogen and oxygen atoms in total.